The number of nitrogens with zero attached hydrogens (tertiary/aromatic N) is 1. The van der Waals surface area contributed by atoms with Crippen LogP contribution in [0.15, 0.2) is 52.3 Å². The quantitative estimate of drug-likeness (QED) is 0.505. The van der Waals surface area contributed by atoms with Crippen LogP contribution in [-0.4, -0.2) is 31.1 Å². The largest absolute Gasteiger partial charge is 0.507 e. The van der Waals surface area contributed by atoms with Crippen molar-refractivity contribution in [1.82, 2.24) is 0 Å². The first-order chi connectivity index (χ1) is 13.9. The zero-order chi connectivity index (χ0) is 21.1. The Bertz CT molecular complexity index is 934. The summed E-state index contributed by atoms with van der Waals surface area (Å²) in [5.74, 6) is 0.0367. The lowest BCUT2D eigenvalue weighted by molar-refractivity contribution is 0.421. The van der Waals surface area contributed by atoms with Gasteiger partial charge in [0.25, 0.3) is 0 Å². The molecule has 6 heteroatoms. The molecule has 2 aromatic rings. The van der Waals surface area contributed by atoms with Crippen molar-refractivity contribution in [2.75, 3.05) is 17.7 Å². The topological polar surface area (TPSA) is 57.6 Å². The van der Waals surface area contributed by atoms with Crippen molar-refractivity contribution in [3.8, 4) is 5.75 Å². The smallest absolute Gasteiger partial charge is 0.188 e. The average molecular weight is 434 g/mol. The molecule has 0 radical (unpaired) electrons. The summed E-state index contributed by atoms with van der Waals surface area (Å²) in [4.78, 5) is 3.09. The Morgan fingerprint density at radius 3 is 2.24 bits per heavy atom. The zero-order valence-electron chi connectivity index (χ0n) is 17.5. The predicted molar refractivity (Wildman–Crippen MR) is 122 cm³/mol. The summed E-state index contributed by atoms with van der Waals surface area (Å²) >= 11 is 1.42. The highest BCUT2D eigenvalue weighted by atomic mass is 32.2. The number of hydrogen-bond acceptors (Lipinski definition) is 5. The Labute approximate surface area is 179 Å². The van der Waals surface area contributed by atoms with Crippen molar-refractivity contribution in [3.05, 3.63) is 42.5 Å². The summed E-state index contributed by atoms with van der Waals surface area (Å²) in [7, 11) is -3.59. The number of fused-ring (bicyclic) bond motifs is 1. The molecule has 3 rings (SSSR count). The predicted octanol–water partition coefficient (Wildman–Crippen LogP) is 6.16. The van der Waals surface area contributed by atoms with E-state index in [1.54, 1.807) is 0 Å². The number of anilines is 2. The number of hydrogen-bond donors (Lipinski definition) is 1. The number of benzene rings is 2. The Kier molecular flexibility index (Phi) is 6.84. The SMILES string of the molecule is CCCCC1(CCCC)CN(c2ccccc2)c2cc(SC)c(O)cc2S1(=O)=O. The molecule has 1 aliphatic rings. The van der Waals surface area contributed by atoms with E-state index in [1.165, 1.54) is 17.8 Å². The molecule has 1 N–H and O–H groups in total. The van der Waals surface area contributed by atoms with Crippen LogP contribution in [0.4, 0.5) is 11.4 Å². The van der Waals surface area contributed by atoms with Crippen LogP contribution in [0.25, 0.3) is 0 Å². The molecule has 0 spiro atoms. The van der Waals surface area contributed by atoms with E-state index in [1.807, 2.05) is 42.7 Å². The van der Waals surface area contributed by atoms with Gasteiger partial charge in [-0.2, -0.15) is 0 Å². The molecule has 0 amide bonds. The summed E-state index contributed by atoms with van der Waals surface area (Å²) in [6.07, 6.45) is 6.82. The second kappa shape index (κ2) is 9.00. The molecular weight excluding hydrogens is 402 g/mol. The van der Waals surface area contributed by atoms with Crippen LogP contribution >= 0.6 is 11.8 Å². The molecule has 0 fully saturated rings. The van der Waals surface area contributed by atoms with Crippen LogP contribution in [0.3, 0.4) is 0 Å². The molecule has 0 unspecified atom stereocenters. The van der Waals surface area contributed by atoms with Crippen LogP contribution < -0.4 is 4.90 Å². The fourth-order valence-electron chi connectivity index (χ4n) is 4.21. The van der Waals surface area contributed by atoms with E-state index in [0.29, 0.717) is 30.0 Å². The minimum absolute atomic E-state index is 0.0367. The number of thioether (sulfide) groups is 1. The van der Waals surface area contributed by atoms with Crippen molar-refractivity contribution >= 4 is 33.0 Å². The van der Waals surface area contributed by atoms with Gasteiger partial charge < -0.3 is 10.0 Å². The van der Waals surface area contributed by atoms with Gasteiger partial charge in [-0.15, -0.1) is 11.8 Å². The summed E-state index contributed by atoms with van der Waals surface area (Å²) in [6.45, 7) is 4.65. The molecular formula is C23H31NO3S2. The monoisotopic (exact) mass is 433 g/mol. The van der Waals surface area contributed by atoms with Crippen LogP contribution in [0.2, 0.25) is 0 Å². The van der Waals surface area contributed by atoms with Gasteiger partial charge in [-0.3, -0.25) is 0 Å². The van der Waals surface area contributed by atoms with Gasteiger partial charge in [-0.05, 0) is 37.3 Å². The first kappa shape index (κ1) is 22.0. The molecule has 29 heavy (non-hydrogen) atoms. The minimum Gasteiger partial charge on any atom is -0.507 e. The fourth-order valence-corrected chi connectivity index (χ4v) is 7.01. The van der Waals surface area contributed by atoms with Crippen molar-refractivity contribution in [3.63, 3.8) is 0 Å². The van der Waals surface area contributed by atoms with E-state index in [-0.39, 0.29) is 10.6 Å². The van der Waals surface area contributed by atoms with Gasteiger partial charge in [0, 0.05) is 18.3 Å². The normalized spacial score (nSPS) is 17.1. The molecule has 0 aliphatic carbocycles. The van der Waals surface area contributed by atoms with Gasteiger partial charge >= 0.3 is 0 Å². The molecule has 0 saturated heterocycles. The molecule has 2 aromatic carbocycles. The first-order valence-electron chi connectivity index (χ1n) is 10.4. The third kappa shape index (κ3) is 4.02. The molecule has 0 aromatic heterocycles. The highest BCUT2D eigenvalue weighted by Gasteiger charge is 2.50. The van der Waals surface area contributed by atoms with E-state index in [9.17, 15) is 13.5 Å². The van der Waals surface area contributed by atoms with Crippen LogP contribution in [-0.2, 0) is 9.84 Å². The highest BCUT2D eigenvalue weighted by molar-refractivity contribution is 7.98. The molecule has 158 valence electrons. The van der Waals surface area contributed by atoms with E-state index >= 15 is 0 Å². The number of sulfone groups is 1. The first-order valence-corrected chi connectivity index (χ1v) is 13.1. The maximum atomic E-state index is 13.9. The number of para-hydroxylation sites is 1. The zero-order valence-corrected chi connectivity index (χ0v) is 19.2. The Balaban J connectivity index is 2.26. The van der Waals surface area contributed by atoms with Gasteiger partial charge in [0.2, 0.25) is 0 Å². The summed E-state index contributed by atoms with van der Waals surface area (Å²) in [5.41, 5.74) is 1.65. The van der Waals surface area contributed by atoms with Crippen LogP contribution in [0.1, 0.15) is 52.4 Å². The van der Waals surface area contributed by atoms with Gasteiger partial charge in [-0.1, -0.05) is 57.7 Å². The average Bonchev–Trinajstić information content (AvgIpc) is 2.73. The molecule has 0 saturated carbocycles. The molecule has 0 atom stereocenters. The fraction of sp³-hybridized carbons (Fsp3) is 0.478. The Hall–Kier alpha value is -1.66. The molecule has 0 bridgehead atoms. The second-order valence-electron chi connectivity index (χ2n) is 7.81. The molecule has 4 nitrogen and oxygen atoms in total. The van der Waals surface area contributed by atoms with Gasteiger partial charge in [0.1, 0.15) is 5.75 Å². The van der Waals surface area contributed by atoms with E-state index in [4.69, 9.17) is 0 Å². The standard InChI is InChI=1S/C23H31NO3S2/c1-4-6-13-23(14-7-5-2)17-24(18-11-9-8-10-12-18)19-15-21(28-3)20(25)16-22(19)29(23,26)27/h8-12,15-16,25H,4-7,13-14,17H2,1-3H3. The van der Waals surface area contributed by atoms with Crippen molar-refractivity contribution in [1.29, 1.82) is 0 Å². The van der Waals surface area contributed by atoms with Crippen molar-refractivity contribution in [2.45, 2.75) is 66.9 Å². The third-order valence-corrected chi connectivity index (χ3v) is 9.25. The van der Waals surface area contributed by atoms with Crippen LogP contribution in [0.5, 0.6) is 5.75 Å². The van der Waals surface area contributed by atoms with Gasteiger partial charge in [0.15, 0.2) is 9.84 Å². The molecule has 1 aliphatic heterocycles. The van der Waals surface area contributed by atoms with E-state index in [0.717, 1.165) is 31.4 Å². The number of phenols is 1. The van der Waals surface area contributed by atoms with Crippen molar-refractivity contribution < 1.29 is 13.5 Å². The third-order valence-electron chi connectivity index (χ3n) is 5.90. The van der Waals surface area contributed by atoms with Crippen molar-refractivity contribution in [2.24, 2.45) is 0 Å². The van der Waals surface area contributed by atoms with Gasteiger partial charge in [-0.25, -0.2) is 8.42 Å². The summed E-state index contributed by atoms with van der Waals surface area (Å²) < 4.78 is 27.0. The maximum Gasteiger partial charge on any atom is 0.188 e. The number of unbranched alkanes of at least 4 members (excludes halogenated alkanes) is 2. The van der Waals surface area contributed by atoms with Gasteiger partial charge in [0.05, 0.1) is 20.2 Å². The lowest BCUT2D eigenvalue weighted by Crippen LogP contribution is -2.51. The Morgan fingerprint density at radius 1 is 1.07 bits per heavy atom. The maximum absolute atomic E-state index is 13.9. The Morgan fingerprint density at radius 2 is 1.69 bits per heavy atom. The summed E-state index contributed by atoms with van der Waals surface area (Å²) in [5, 5.41) is 10.5. The number of aromatic hydroxyl groups is 1. The second-order valence-corrected chi connectivity index (χ2v) is 11.0. The number of phenolic OH excluding ortho intramolecular Hbond substituents is 1. The van der Waals surface area contributed by atoms with E-state index in [2.05, 4.69) is 18.7 Å². The minimum atomic E-state index is -3.59. The highest BCUT2D eigenvalue weighted by Crippen LogP contribution is 2.49. The lowest BCUT2D eigenvalue weighted by atomic mass is 9.93. The summed E-state index contributed by atoms with van der Waals surface area (Å²) in [6, 6.07) is 13.3. The molecule has 1 heterocycles. The lowest BCUT2D eigenvalue weighted by Gasteiger charge is -2.44. The van der Waals surface area contributed by atoms with E-state index < -0.39 is 14.6 Å². The number of rotatable bonds is 8. The van der Waals surface area contributed by atoms with Crippen LogP contribution in [0, 0.1) is 0 Å².